The topological polar surface area (TPSA) is 42.4 Å². The lowest BCUT2D eigenvalue weighted by Crippen LogP contribution is -2.44. The summed E-state index contributed by atoms with van der Waals surface area (Å²) in [5, 5.41) is 0.557. The Balaban J connectivity index is 1.27. The Kier molecular flexibility index (Phi) is 5.86. The first-order valence-corrected chi connectivity index (χ1v) is 11.6. The Bertz CT molecular complexity index is 1160. The lowest BCUT2D eigenvalue weighted by Gasteiger charge is -2.34. The maximum absolute atomic E-state index is 13.6. The fourth-order valence-corrected chi connectivity index (χ4v) is 5.12. The van der Waals surface area contributed by atoms with E-state index in [1.54, 1.807) is 6.07 Å². The molecule has 5 rings (SSSR count). The first-order chi connectivity index (χ1) is 15.7. The molecule has 0 atom stereocenters. The van der Waals surface area contributed by atoms with Gasteiger partial charge in [-0.25, -0.2) is 9.37 Å². The van der Waals surface area contributed by atoms with Gasteiger partial charge < -0.3 is 9.64 Å². The zero-order valence-corrected chi connectivity index (χ0v) is 18.3. The molecular weight excluding hydrogens is 423 g/mol. The number of carbonyl (C=O) groups is 1. The molecule has 32 heavy (non-hydrogen) atoms. The molecule has 0 aliphatic carbocycles. The van der Waals surface area contributed by atoms with E-state index in [1.165, 1.54) is 23.5 Å². The number of carbonyl (C=O) groups excluding carboxylic acids is 1. The minimum absolute atomic E-state index is 0.00337. The minimum Gasteiger partial charge on any atom is -0.467 e. The molecule has 2 heterocycles. The maximum Gasteiger partial charge on any atom is 0.274 e. The predicted molar refractivity (Wildman–Crippen MR) is 125 cm³/mol. The van der Waals surface area contributed by atoms with Crippen LogP contribution in [0.2, 0.25) is 0 Å². The van der Waals surface area contributed by atoms with E-state index in [0.29, 0.717) is 18.3 Å². The fourth-order valence-electron chi connectivity index (χ4n) is 4.22. The number of thiazole rings is 1. The molecule has 1 saturated heterocycles. The molecule has 1 amide bonds. The summed E-state index contributed by atoms with van der Waals surface area (Å²) in [6, 6.07) is 24.5. The molecule has 1 aliphatic heterocycles. The number of rotatable bonds is 5. The standard InChI is InChI=1S/C26H23FN2O2S/c27-20-11-12-22-23(17-20)32-26(28-22)31-21-13-15-29(16-14-21)25(30)24(18-7-3-1-4-8-18)19-9-5-2-6-10-19/h1-12,17,21,24H,13-16H2. The van der Waals surface area contributed by atoms with Gasteiger partial charge in [0.25, 0.3) is 5.19 Å². The zero-order valence-electron chi connectivity index (χ0n) is 17.5. The molecule has 1 aromatic heterocycles. The van der Waals surface area contributed by atoms with Gasteiger partial charge in [-0.15, -0.1) is 0 Å². The van der Waals surface area contributed by atoms with Crippen molar-refractivity contribution in [2.24, 2.45) is 0 Å². The third-order valence-corrected chi connectivity index (χ3v) is 6.77. The highest BCUT2D eigenvalue weighted by Crippen LogP contribution is 2.32. The number of nitrogens with zero attached hydrogens (tertiary/aromatic N) is 2. The number of aromatic nitrogens is 1. The van der Waals surface area contributed by atoms with E-state index in [2.05, 4.69) is 4.98 Å². The monoisotopic (exact) mass is 446 g/mol. The van der Waals surface area contributed by atoms with Crippen molar-refractivity contribution in [2.75, 3.05) is 13.1 Å². The molecule has 0 spiro atoms. The number of amides is 1. The van der Waals surface area contributed by atoms with Crippen molar-refractivity contribution in [1.82, 2.24) is 9.88 Å². The van der Waals surface area contributed by atoms with Crippen LogP contribution in [0.4, 0.5) is 4.39 Å². The van der Waals surface area contributed by atoms with E-state index in [0.717, 1.165) is 34.2 Å². The number of piperidine rings is 1. The second kappa shape index (κ2) is 9.09. The van der Waals surface area contributed by atoms with Crippen LogP contribution in [0.1, 0.15) is 29.9 Å². The number of likely N-dealkylation sites (tertiary alicyclic amines) is 1. The molecular formula is C26H23FN2O2S. The Morgan fingerprint density at radius 2 is 1.59 bits per heavy atom. The van der Waals surface area contributed by atoms with Gasteiger partial charge in [-0.05, 0) is 29.3 Å². The van der Waals surface area contributed by atoms with E-state index in [1.807, 2.05) is 65.6 Å². The van der Waals surface area contributed by atoms with Gasteiger partial charge >= 0.3 is 0 Å². The highest BCUT2D eigenvalue weighted by Gasteiger charge is 2.31. The molecule has 0 bridgehead atoms. The molecule has 0 N–H and O–H groups in total. The summed E-state index contributed by atoms with van der Waals surface area (Å²) in [5.41, 5.74) is 2.75. The number of fused-ring (bicyclic) bond motifs is 1. The Morgan fingerprint density at radius 1 is 0.969 bits per heavy atom. The normalized spacial score (nSPS) is 14.8. The molecule has 1 fully saturated rings. The van der Waals surface area contributed by atoms with Crippen molar-refractivity contribution in [1.29, 1.82) is 0 Å². The second-order valence-corrected chi connectivity index (χ2v) is 8.98. The van der Waals surface area contributed by atoms with Gasteiger partial charge in [-0.1, -0.05) is 72.0 Å². The quantitative estimate of drug-likeness (QED) is 0.399. The fraction of sp³-hybridized carbons (Fsp3) is 0.231. The zero-order chi connectivity index (χ0) is 21.9. The van der Waals surface area contributed by atoms with E-state index < -0.39 is 0 Å². The molecule has 4 nitrogen and oxygen atoms in total. The Hall–Kier alpha value is -3.25. The van der Waals surface area contributed by atoms with Crippen molar-refractivity contribution < 1.29 is 13.9 Å². The van der Waals surface area contributed by atoms with Crippen molar-refractivity contribution >= 4 is 27.5 Å². The SMILES string of the molecule is O=C(C(c1ccccc1)c1ccccc1)N1CCC(Oc2nc3ccc(F)cc3s2)CC1. The number of benzene rings is 3. The first kappa shape index (κ1) is 20.6. The van der Waals surface area contributed by atoms with Gasteiger partial charge in [0.1, 0.15) is 11.9 Å². The Labute approximate surface area is 190 Å². The average molecular weight is 447 g/mol. The van der Waals surface area contributed by atoms with Crippen molar-refractivity contribution in [3.05, 3.63) is 95.8 Å². The summed E-state index contributed by atoms with van der Waals surface area (Å²) >= 11 is 1.36. The van der Waals surface area contributed by atoms with Gasteiger partial charge in [0.15, 0.2) is 0 Å². The molecule has 0 unspecified atom stereocenters. The molecule has 3 aromatic carbocycles. The van der Waals surface area contributed by atoms with Gasteiger partial charge in [0.2, 0.25) is 5.91 Å². The van der Waals surface area contributed by atoms with Crippen molar-refractivity contribution in [2.45, 2.75) is 24.9 Å². The largest absolute Gasteiger partial charge is 0.467 e. The van der Waals surface area contributed by atoms with Gasteiger partial charge in [0.05, 0.1) is 16.1 Å². The third kappa shape index (κ3) is 4.36. The van der Waals surface area contributed by atoms with Gasteiger partial charge in [-0.2, -0.15) is 0 Å². The smallest absolute Gasteiger partial charge is 0.274 e. The van der Waals surface area contributed by atoms with E-state index in [4.69, 9.17) is 4.74 Å². The van der Waals surface area contributed by atoms with Gasteiger partial charge in [0, 0.05) is 25.9 Å². The highest BCUT2D eigenvalue weighted by atomic mass is 32.1. The molecule has 162 valence electrons. The van der Waals surface area contributed by atoms with E-state index in [-0.39, 0.29) is 23.7 Å². The van der Waals surface area contributed by atoms with Crippen LogP contribution in [0.15, 0.2) is 78.9 Å². The highest BCUT2D eigenvalue weighted by molar-refractivity contribution is 7.20. The first-order valence-electron chi connectivity index (χ1n) is 10.8. The van der Waals surface area contributed by atoms with E-state index in [9.17, 15) is 9.18 Å². The minimum atomic E-state index is -0.311. The van der Waals surface area contributed by atoms with Crippen molar-refractivity contribution in [3.8, 4) is 5.19 Å². The van der Waals surface area contributed by atoms with Crippen LogP contribution in [0.25, 0.3) is 10.2 Å². The predicted octanol–water partition coefficient (Wildman–Crippen LogP) is 5.64. The maximum atomic E-state index is 13.6. The lowest BCUT2D eigenvalue weighted by atomic mass is 9.89. The summed E-state index contributed by atoms with van der Waals surface area (Å²) in [7, 11) is 0. The van der Waals surface area contributed by atoms with Crippen LogP contribution in [-0.4, -0.2) is 35.0 Å². The molecule has 0 radical (unpaired) electrons. The van der Waals surface area contributed by atoms with Crippen molar-refractivity contribution in [3.63, 3.8) is 0 Å². The summed E-state index contributed by atoms with van der Waals surface area (Å²) < 4.78 is 20.3. The summed E-state index contributed by atoms with van der Waals surface area (Å²) in [5.74, 6) is -0.462. The number of halogens is 1. The lowest BCUT2D eigenvalue weighted by molar-refractivity contribution is -0.133. The van der Waals surface area contributed by atoms with Crippen LogP contribution in [0.3, 0.4) is 0 Å². The van der Waals surface area contributed by atoms with Crippen LogP contribution in [0, 0.1) is 5.82 Å². The number of hydrogen-bond acceptors (Lipinski definition) is 4. The van der Waals surface area contributed by atoms with Crippen LogP contribution in [-0.2, 0) is 4.79 Å². The molecule has 0 saturated carbocycles. The average Bonchev–Trinajstić information content (AvgIpc) is 3.22. The number of hydrogen-bond donors (Lipinski definition) is 0. The van der Waals surface area contributed by atoms with Crippen LogP contribution >= 0.6 is 11.3 Å². The second-order valence-electron chi connectivity index (χ2n) is 7.99. The van der Waals surface area contributed by atoms with E-state index >= 15 is 0 Å². The summed E-state index contributed by atoms with van der Waals surface area (Å²) in [6.45, 7) is 1.28. The third-order valence-electron chi connectivity index (χ3n) is 5.86. The molecule has 6 heteroatoms. The van der Waals surface area contributed by atoms with Crippen LogP contribution in [0.5, 0.6) is 5.19 Å². The Morgan fingerprint density at radius 3 is 2.22 bits per heavy atom. The molecule has 1 aliphatic rings. The van der Waals surface area contributed by atoms with Crippen LogP contribution < -0.4 is 4.74 Å². The van der Waals surface area contributed by atoms with Gasteiger partial charge in [-0.3, -0.25) is 4.79 Å². The molecule has 4 aromatic rings. The number of ether oxygens (including phenoxy) is 1. The summed E-state index contributed by atoms with van der Waals surface area (Å²) in [4.78, 5) is 20.0. The summed E-state index contributed by atoms with van der Waals surface area (Å²) in [6.07, 6.45) is 1.48.